The summed E-state index contributed by atoms with van der Waals surface area (Å²) < 4.78 is 11.4. The molecule has 9 heteroatoms. The average Bonchev–Trinajstić information content (AvgIpc) is 3.21. The van der Waals surface area contributed by atoms with Crippen molar-refractivity contribution >= 4 is 23.7 Å². The summed E-state index contributed by atoms with van der Waals surface area (Å²) in [6.45, 7) is 0.123. The van der Waals surface area contributed by atoms with Gasteiger partial charge < -0.3 is 14.8 Å². The van der Waals surface area contributed by atoms with E-state index in [1.54, 1.807) is 18.3 Å². The first kappa shape index (κ1) is 20.3. The molecule has 0 aliphatic rings. The molecule has 2 aromatic carbocycles. The second-order valence-corrected chi connectivity index (χ2v) is 6.55. The number of ether oxygens (including phenoxy) is 2. The molecule has 0 bridgehead atoms. The largest absolute Gasteiger partial charge is 0.467 e. The molecule has 0 aliphatic heterocycles. The Morgan fingerprint density at radius 3 is 2.55 bits per heavy atom. The lowest BCUT2D eigenvalue weighted by Gasteiger charge is -2.16. The van der Waals surface area contributed by atoms with Crippen LogP contribution < -0.4 is 5.32 Å². The second kappa shape index (κ2) is 9.70. The van der Waals surface area contributed by atoms with Crippen LogP contribution in [0.5, 0.6) is 0 Å². The van der Waals surface area contributed by atoms with Gasteiger partial charge in [0.2, 0.25) is 0 Å². The summed E-state index contributed by atoms with van der Waals surface area (Å²) in [5, 5.41) is 11.2. The van der Waals surface area contributed by atoms with Gasteiger partial charge in [-0.15, -0.1) is 5.10 Å². The Hall–Kier alpha value is -3.39. The van der Waals surface area contributed by atoms with Crippen LogP contribution in [-0.2, 0) is 27.4 Å². The van der Waals surface area contributed by atoms with Crippen LogP contribution in [-0.4, -0.2) is 40.2 Å². The van der Waals surface area contributed by atoms with Gasteiger partial charge in [-0.2, -0.15) is 0 Å². The number of amides is 1. The lowest BCUT2D eigenvalue weighted by Crippen LogP contribution is -2.44. The second-order valence-electron chi connectivity index (χ2n) is 6.11. The zero-order valence-electron chi connectivity index (χ0n) is 15.6. The summed E-state index contributed by atoms with van der Waals surface area (Å²) in [4.78, 5) is 24.2. The highest BCUT2D eigenvalue weighted by molar-refractivity contribution is 6.30. The fourth-order valence-corrected chi connectivity index (χ4v) is 2.68. The molecule has 0 spiro atoms. The van der Waals surface area contributed by atoms with Crippen molar-refractivity contribution < 1.29 is 19.1 Å². The molecule has 1 heterocycles. The van der Waals surface area contributed by atoms with Gasteiger partial charge in [-0.3, -0.25) is 0 Å². The zero-order chi connectivity index (χ0) is 20.6. The van der Waals surface area contributed by atoms with E-state index in [2.05, 4.69) is 15.6 Å². The van der Waals surface area contributed by atoms with Gasteiger partial charge in [-0.1, -0.05) is 59.3 Å². The van der Waals surface area contributed by atoms with E-state index in [1.807, 2.05) is 42.5 Å². The van der Waals surface area contributed by atoms with Crippen molar-refractivity contribution in [3.8, 4) is 11.3 Å². The van der Waals surface area contributed by atoms with Gasteiger partial charge in [-0.05, 0) is 17.7 Å². The lowest BCUT2D eigenvalue weighted by atomic mass is 10.2. The molecule has 0 aliphatic carbocycles. The third kappa shape index (κ3) is 5.79. The minimum Gasteiger partial charge on any atom is -0.467 e. The molecule has 1 N–H and O–H groups in total. The first-order valence-corrected chi connectivity index (χ1v) is 9.14. The quantitative estimate of drug-likeness (QED) is 0.597. The number of halogens is 1. The lowest BCUT2D eigenvalue weighted by molar-refractivity contribution is -0.143. The minimum atomic E-state index is -0.983. The van der Waals surface area contributed by atoms with Crippen molar-refractivity contribution in [2.24, 2.45) is 0 Å². The van der Waals surface area contributed by atoms with Gasteiger partial charge in [0.15, 0.2) is 0 Å². The van der Waals surface area contributed by atoms with E-state index in [0.717, 1.165) is 11.1 Å². The van der Waals surface area contributed by atoms with Crippen LogP contribution in [0, 0.1) is 0 Å². The number of carbonyl (C=O) groups is 2. The van der Waals surface area contributed by atoms with E-state index >= 15 is 0 Å². The number of alkyl carbamates (subject to hydrolysis) is 1. The molecule has 1 amide bonds. The molecule has 3 rings (SSSR count). The minimum absolute atomic E-state index is 0.0354. The highest BCUT2D eigenvalue weighted by atomic mass is 35.5. The maximum atomic E-state index is 12.1. The number of esters is 1. The van der Waals surface area contributed by atoms with Crippen molar-refractivity contribution in [2.75, 3.05) is 7.11 Å². The van der Waals surface area contributed by atoms with Crippen LogP contribution in [0.4, 0.5) is 4.79 Å². The standard InChI is InChI=1S/C20H19ClN4O4/c1-28-19(26)18(22-20(27)29-13-14-5-3-2-4-6-14)12-25-11-17(23-24-25)15-7-9-16(21)10-8-15/h2-11,18H,12-13H2,1H3,(H,22,27)/t18-/m0/s1. The summed E-state index contributed by atoms with van der Waals surface area (Å²) in [7, 11) is 1.24. The zero-order valence-corrected chi connectivity index (χ0v) is 16.4. The molecule has 0 saturated carbocycles. The Balaban J connectivity index is 1.62. The van der Waals surface area contributed by atoms with E-state index in [4.69, 9.17) is 21.1 Å². The number of hydrogen-bond acceptors (Lipinski definition) is 6. The summed E-state index contributed by atoms with van der Waals surface area (Å²) in [5.74, 6) is -0.620. The van der Waals surface area contributed by atoms with Crippen LogP contribution in [0.25, 0.3) is 11.3 Å². The number of nitrogens with one attached hydrogen (secondary N) is 1. The van der Waals surface area contributed by atoms with Crippen LogP contribution in [0.2, 0.25) is 5.02 Å². The van der Waals surface area contributed by atoms with Crippen LogP contribution in [0.1, 0.15) is 5.56 Å². The Morgan fingerprint density at radius 1 is 1.14 bits per heavy atom. The molecule has 3 aromatic rings. The van der Waals surface area contributed by atoms with Gasteiger partial charge in [0.1, 0.15) is 18.3 Å². The SMILES string of the molecule is COC(=O)[C@H](Cn1cc(-c2ccc(Cl)cc2)nn1)NC(=O)OCc1ccccc1. The number of aromatic nitrogens is 3. The van der Waals surface area contributed by atoms with Gasteiger partial charge in [0, 0.05) is 10.6 Å². The number of hydrogen-bond donors (Lipinski definition) is 1. The number of benzene rings is 2. The van der Waals surface area contributed by atoms with Crippen LogP contribution in [0.15, 0.2) is 60.8 Å². The Labute approximate surface area is 172 Å². The van der Waals surface area contributed by atoms with Gasteiger partial charge in [-0.25, -0.2) is 14.3 Å². The summed E-state index contributed by atoms with van der Waals surface area (Å²) in [5.41, 5.74) is 2.27. The molecule has 1 aromatic heterocycles. The molecule has 29 heavy (non-hydrogen) atoms. The summed E-state index contributed by atoms with van der Waals surface area (Å²) >= 11 is 5.89. The van der Waals surface area contributed by atoms with Gasteiger partial charge in [0.25, 0.3) is 0 Å². The number of carbonyl (C=O) groups excluding carboxylic acids is 2. The fourth-order valence-electron chi connectivity index (χ4n) is 2.56. The first-order chi connectivity index (χ1) is 14.0. The maximum absolute atomic E-state index is 12.1. The molecule has 150 valence electrons. The predicted octanol–water partition coefficient (Wildman–Crippen LogP) is 3.07. The van der Waals surface area contributed by atoms with Crippen molar-refractivity contribution in [1.82, 2.24) is 20.3 Å². The number of rotatable bonds is 7. The Kier molecular flexibility index (Phi) is 6.80. The average molecular weight is 415 g/mol. The van der Waals surface area contributed by atoms with Crippen molar-refractivity contribution in [3.05, 3.63) is 71.4 Å². The van der Waals surface area contributed by atoms with Gasteiger partial charge in [0.05, 0.1) is 19.9 Å². The third-order valence-corrected chi connectivity index (χ3v) is 4.29. The molecule has 0 unspecified atom stereocenters. The molecule has 0 fully saturated rings. The molecule has 8 nitrogen and oxygen atoms in total. The molecular formula is C20H19ClN4O4. The summed E-state index contributed by atoms with van der Waals surface area (Å²) in [6.07, 6.45) is 0.929. The fraction of sp³-hybridized carbons (Fsp3) is 0.200. The van der Waals surface area contributed by atoms with Gasteiger partial charge >= 0.3 is 12.1 Å². The molecule has 0 saturated heterocycles. The molecule has 0 radical (unpaired) electrons. The highest BCUT2D eigenvalue weighted by Gasteiger charge is 2.23. The molecular weight excluding hydrogens is 396 g/mol. The Morgan fingerprint density at radius 2 is 1.86 bits per heavy atom. The number of nitrogens with zero attached hydrogens (tertiary/aromatic N) is 3. The first-order valence-electron chi connectivity index (χ1n) is 8.76. The van der Waals surface area contributed by atoms with E-state index in [0.29, 0.717) is 10.7 Å². The van der Waals surface area contributed by atoms with E-state index in [1.165, 1.54) is 11.8 Å². The maximum Gasteiger partial charge on any atom is 0.408 e. The third-order valence-electron chi connectivity index (χ3n) is 4.04. The van der Waals surface area contributed by atoms with Crippen molar-refractivity contribution in [3.63, 3.8) is 0 Å². The monoisotopic (exact) mass is 414 g/mol. The topological polar surface area (TPSA) is 95.3 Å². The van der Waals surface area contributed by atoms with Crippen LogP contribution >= 0.6 is 11.6 Å². The smallest absolute Gasteiger partial charge is 0.408 e. The van der Waals surface area contributed by atoms with E-state index in [9.17, 15) is 9.59 Å². The van der Waals surface area contributed by atoms with Crippen molar-refractivity contribution in [1.29, 1.82) is 0 Å². The normalized spacial score (nSPS) is 11.5. The highest BCUT2D eigenvalue weighted by Crippen LogP contribution is 2.19. The Bertz CT molecular complexity index is 960. The predicted molar refractivity (Wildman–Crippen MR) is 106 cm³/mol. The summed E-state index contributed by atoms with van der Waals surface area (Å²) in [6, 6.07) is 15.4. The number of methoxy groups -OCH3 is 1. The van der Waals surface area contributed by atoms with E-state index in [-0.39, 0.29) is 13.2 Å². The van der Waals surface area contributed by atoms with Crippen LogP contribution in [0.3, 0.4) is 0 Å². The molecule has 1 atom stereocenters. The van der Waals surface area contributed by atoms with E-state index < -0.39 is 18.1 Å². The van der Waals surface area contributed by atoms with Crippen molar-refractivity contribution in [2.45, 2.75) is 19.2 Å².